The zero-order valence-electron chi connectivity index (χ0n) is 10.2. The molecule has 1 aromatic carbocycles. The smallest absolute Gasteiger partial charge is 0.396 e. The van der Waals surface area contributed by atoms with E-state index < -0.39 is 11.1 Å². The molecule has 1 N–H and O–H groups in total. The molecule has 0 amide bonds. The number of rotatable bonds is 4. The molecule has 0 aliphatic heterocycles. The summed E-state index contributed by atoms with van der Waals surface area (Å²) in [5.41, 5.74) is 0.585. The van der Waals surface area contributed by atoms with Gasteiger partial charge in [-0.1, -0.05) is 23.7 Å². The van der Waals surface area contributed by atoms with Gasteiger partial charge in [0.05, 0.1) is 5.69 Å². The molecule has 0 fully saturated rings. The summed E-state index contributed by atoms with van der Waals surface area (Å²) in [4.78, 5) is 3.36. The summed E-state index contributed by atoms with van der Waals surface area (Å²) < 4.78 is 38.9. The van der Waals surface area contributed by atoms with Crippen LogP contribution in [0, 0.1) is 0 Å². The van der Waals surface area contributed by atoms with Crippen LogP contribution in [0.4, 0.5) is 13.2 Å². The summed E-state index contributed by atoms with van der Waals surface area (Å²) in [6, 6.07) is 6.49. The number of hydrogen-bond donors (Lipinski definition) is 1. The Balaban J connectivity index is 2.40. The highest BCUT2D eigenvalue weighted by Gasteiger charge is 2.36. The first-order valence-corrected chi connectivity index (χ1v) is 7.05. The minimum Gasteiger partial charge on any atom is -0.396 e. The third kappa shape index (κ3) is 3.50. The Hall–Kier alpha value is -1.11. The van der Waals surface area contributed by atoms with Crippen LogP contribution in [0.25, 0.3) is 10.6 Å². The number of nitrogens with zero attached hydrogens (tertiary/aromatic N) is 1. The molecule has 0 aliphatic rings. The second kappa shape index (κ2) is 6.11. The Morgan fingerprint density at radius 2 is 1.85 bits per heavy atom. The summed E-state index contributed by atoms with van der Waals surface area (Å²) >= 11 is 6.37. The molecule has 2 nitrogen and oxygen atoms in total. The molecule has 2 aromatic rings. The lowest BCUT2D eigenvalue weighted by atomic mass is 10.2. The topological polar surface area (TPSA) is 33.1 Å². The number of hydrogen-bond acceptors (Lipinski definition) is 3. The van der Waals surface area contributed by atoms with Gasteiger partial charge in [-0.3, -0.25) is 0 Å². The normalized spacial score (nSPS) is 11.8. The number of halogens is 4. The largest absolute Gasteiger partial charge is 0.427 e. The Bertz CT molecular complexity index is 580. The van der Waals surface area contributed by atoms with Gasteiger partial charge in [0.1, 0.15) is 9.88 Å². The Kier molecular flexibility index (Phi) is 4.67. The first-order valence-electron chi connectivity index (χ1n) is 5.85. The standard InChI is InChI=1S/C13H11ClF3NOS/c14-9-5-3-8(4-6-9)12-18-10(2-1-7-19)11(20-12)13(15,16)17/h3-6,19H,1-2,7H2. The highest BCUT2D eigenvalue weighted by atomic mass is 35.5. The first-order chi connectivity index (χ1) is 9.41. The van der Waals surface area contributed by atoms with E-state index in [1.165, 1.54) is 0 Å². The van der Waals surface area contributed by atoms with E-state index in [0.29, 0.717) is 26.9 Å². The molecule has 20 heavy (non-hydrogen) atoms. The lowest BCUT2D eigenvalue weighted by Gasteiger charge is -2.04. The molecule has 1 aromatic heterocycles. The van der Waals surface area contributed by atoms with Gasteiger partial charge in [0, 0.05) is 17.2 Å². The summed E-state index contributed by atoms with van der Waals surface area (Å²) in [7, 11) is 0. The van der Waals surface area contributed by atoms with Crippen LogP contribution in [0.3, 0.4) is 0 Å². The molecule has 0 atom stereocenters. The van der Waals surface area contributed by atoms with Gasteiger partial charge in [-0.05, 0) is 25.0 Å². The van der Waals surface area contributed by atoms with Gasteiger partial charge in [-0.2, -0.15) is 13.2 Å². The maximum Gasteiger partial charge on any atom is 0.427 e. The van der Waals surface area contributed by atoms with Crippen molar-refractivity contribution in [3.05, 3.63) is 39.9 Å². The second-order valence-electron chi connectivity index (χ2n) is 4.13. The molecular formula is C13H11ClF3NOS. The van der Waals surface area contributed by atoms with Crippen molar-refractivity contribution in [3.63, 3.8) is 0 Å². The van der Waals surface area contributed by atoms with Gasteiger partial charge in [0.15, 0.2) is 0 Å². The van der Waals surface area contributed by atoms with Crippen molar-refractivity contribution in [1.29, 1.82) is 0 Å². The molecule has 0 spiro atoms. The summed E-state index contributed by atoms with van der Waals surface area (Å²) in [6.45, 7) is -0.162. The molecule has 7 heteroatoms. The van der Waals surface area contributed by atoms with Crippen LogP contribution in [-0.4, -0.2) is 16.7 Å². The van der Waals surface area contributed by atoms with E-state index in [2.05, 4.69) is 4.98 Å². The van der Waals surface area contributed by atoms with Gasteiger partial charge >= 0.3 is 6.18 Å². The van der Waals surface area contributed by atoms with Crippen LogP contribution in [0.1, 0.15) is 17.0 Å². The van der Waals surface area contributed by atoms with Crippen molar-refractivity contribution in [2.45, 2.75) is 19.0 Å². The number of aliphatic hydroxyl groups excluding tert-OH is 1. The van der Waals surface area contributed by atoms with Crippen molar-refractivity contribution >= 4 is 22.9 Å². The number of aryl methyl sites for hydroxylation is 1. The number of thiazole rings is 1. The minimum absolute atomic E-state index is 0.0125. The molecule has 0 aliphatic carbocycles. The number of aromatic nitrogens is 1. The lowest BCUT2D eigenvalue weighted by Crippen LogP contribution is -2.06. The second-order valence-corrected chi connectivity index (χ2v) is 5.56. The van der Waals surface area contributed by atoms with Gasteiger partial charge in [0.25, 0.3) is 0 Å². The summed E-state index contributed by atoms with van der Waals surface area (Å²) in [5, 5.41) is 9.58. The Morgan fingerprint density at radius 3 is 2.40 bits per heavy atom. The zero-order chi connectivity index (χ0) is 14.8. The zero-order valence-corrected chi connectivity index (χ0v) is 11.8. The van der Waals surface area contributed by atoms with E-state index in [1.54, 1.807) is 24.3 Å². The van der Waals surface area contributed by atoms with E-state index in [1.807, 2.05) is 0 Å². The molecule has 0 saturated heterocycles. The maximum atomic E-state index is 13.0. The summed E-state index contributed by atoms with van der Waals surface area (Å²) in [5.74, 6) is 0. The minimum atomic E-state index is -4.42. The Morgan fingerprint density at radius 1 is 1.20 bits per heavy atom. The lowest BCUT2D eigenvalue weighted by molar-refractivity contribution is -0.135. The van der Waals surface area contributed by atoms with Crippen molar-refractivity contribution in [2.24, 2.45) is 0 Å². The number of aliphatic hydroxyl groups is 1. The SMILES string of the molecule is OCCCc1nc(-c2ccc(Cl)cc2)sc1C(F)(F)F. The molecule has 2 rings (SSSR count). The highest BCUT2D eigenvalue weighted by molar-refractivity contribution is 7.15. The van der Waals surface area contributed by atoms with Crippen LogP contribution < -0.4 is 0 Å². The molecular weight excluding hydrogens is 311 g/mol. The molecule has 1 heterocycles. The van der Waals surface area contributed by atoms with Crippen LogP contribution in [0.15, 0.2) is 24.3 Å². The van der Waals surface area contributed by atoms with Crippen molar-refractivity contribution < 1.29 is 18.3 Å². The quantitative estimate of drug-likeness (QED) is 0.905. The number of benzene rings is 1. The van der Waals surface area contributed by atoms with Crippen LogP contribution in [0.2, 0.25) is 5.02 Å². The number of alkyl halides is 3. The molecule has 0 radical (unpaired) electrons. The third-order valence-corrected chi connectivity index (χ3v) is 4.06. The van der Waals surface area contributed by atoms with E-state index >= 15 is 0 Å². The van der Waals surface area contributed by atoms with Gasteiger partial charge in [0.2, 0.25) is 0 Å². The van der Waals surface area contributed by atoms with E-state index in [0.717, 1.165) is 0 Å². The van der Waals surface area contributed by atoms with Crippen molar-refractivity contribution in [2.75, 3.05) is 6.61 Å². The van der Waals surface area contributed by atoms with Gasteiger partial charge in [-0.15, -0.1) is 11.3 Å². The fourth-order valence-corrected chi connectivity index (χ4v) is 2.82. The van der Waals surface area contributed by atoms with Crippen molar-refractivity contribution in [1.82, 2.24) is 4.98 Å². The molecule has 108 valence electrons. The fourth-order valence-electron chi connectivity index (χ4n) is 1.71. The van der Waals surface area contributed by atoms with E-state index in [-0.39, 0.29) is 25.1 Å². The molecule has 0 saturated carbocycles. The maximum absolute atomic E-state index is 13.0. The van der Waals surface area contributed by atoms with Gasteiger partial charge in [-0.25, -0.2) is 4.98 Å². The Labute approximate surface area is 122 Å². The van der Waals surface area contributed by atoms with E-state index in [9.17, 15) is 13.2 Å². The van der Waals surface area contributed by atoms with Gasteiger partial charge < -0.3 is 5.11 Å². The van der Waals surface area contributed by atoms with Crippen LogP contribution >= 0.6 is 22.9 Å². The van der Waals surface area contributed by atoms with E-state index in [4.69, 9.17) is 16.7 Å². The predicted molar refractivity (Wildman–Crippen MR) is 73.0 cm³/mol. The molecule has 0 bridgehead atoms. The van der Waals surface area contributed by atoms with Crippen LogP contribution in [-0.2, 0) is 12.6 Å². The van der Waals surface area contributed by atoms with Crippen molar-refractivity contribution in [3.8, 4) is 10.6 Å². The van der Waals surface area contributed by atoms with Crippen LogP contribution in [0.5, 0.6) is 0 Å². The average Bonchev–Trinajstić information content (AvgIpc) is 2.81. The average molecular weight is 322 g/mol. The predicted octanol–water partition coefficient (Wildman–Crippen LogP) is 4.41. The monoisotopic (exact) mass is 321 g/mol. The first kappa shape index (κ1) is 15.3. The summed E-state index contributed by atoms with van der Waals surface area (Å²) in [6.07, 6.45) is -4.06. The third-order valence-electron chi connectivity index (χ3n) is 2.62. The fraction of sp³-hybridized carbons (Fsp3) is 0.308. The molecule has 0 unspecified atom stereocenters. The highest BCUT2D eigenvalue weighted by Crippen LogP contribution is 2.40.